The first kappa shape index (κ1) is 9.61. The molecule has 0 spiro atoms. The number of carbonyl (C=O) groups excluding carboxylic acids is 3. The van der Waals surface area contributed by atoms with Crippen LogP contribution in [0.3, 0.4) is 0 Å². The summed E-state index contributed by atoms with van der Waals surface area (Å²) in [5.74, 6) is -1.73. The molecule has 0 aliphatic heterocycles. The van der Waals surface area contributed by atoms with Crippen molar-refractivity contribution < 1.29 is 14.4 Å². The van der Waals surface area contributed by atoms with E-state index >= 15 is 0 Å². The van der Waals surface area contributed by atoms with E-state index in [-0.39, 0.29) is 5.91 Å². The molecule has 0 atom stereocenters. The normalized spacial score (nSPS) is 8.64. The van der Waals surface area contributed by atoms with Gasteiger partial charge in [-0.05, 0) is 0 Å². The lowest BCUT2D eigenvalue weighted by Crippen LogP contribution is -2.44. The number of nitrogens with one attached hydrogen (secondary N) is 1. The Morgan fingerprint density at radius 2 is 1.64 bits per heavy atom. The lowest BCUT2D eigenvalue weighted by atomic mass is 10.4. The van der Waals surface area contributed by atoms with E-state index in [1.165, 1.54) is 14.0 Å². The lowest BCUT2D eigenvalue weighted by molar-refractivity contribution is -0.147. The second-order valence-corrected chi connectivity index (χ2v) is 2.09. The van der Waals surface area contributed by atoms with Gasteiger partial charge in [0, 0.05) is 20.9 Å². The molecule has 5 nitrogen and oxygen atoms in total. The molecule has 11 heavy (non-hydrogen) atoms. The number of rotatable bonds is 1. The zero-order valence-electron chi connectivity index (χ0n) is 6.67. The highest BCUT2D eigenvalue weighted by atomic mass is 16.2. The maximum atomic E-state index is 10.7. The fraction of sp³-hybridized carbons (Fsp3) is 0.500. The van der Waals surface area contributed by atoms with Crippen molar-refractivity contribution >= 4 is 17.6 Å². The van der Waals surface area contributed by atoms with Gasteiger partial charge in [0.25, 0.3) is 0 Å². The minimum atomic E-state index is -0.736. The summed E-state index contributed by atoms with van der Waals surface area (Å²) >= 11 is 0. The highest BCUT2D eigenvalue weighted by molar-refractivity contribution is 6.35. The number of likely N-dealkylation sites (N-methyl/N-ethyl adjacent to an activating group) is 1. The number of hydrogen-bond donors (Lipinski definition) is 1. The van der Waals surface area contributed by atoms with Gasteiger partial charge in [-0.2, -0.15) is 0 Å². The van der Waals surface area contributed by atoms with E-state index in [2.05, 4.69) is 5.43 Å². The Labute approximate surface area is 64.3 Å². The molecule has 0 aromatic carbocycles. The lowest BCUT2D eigenvalue weighted by Gasteiger charge is -2.14. The SMILES string of the molecule is CC(=O)NN(C)C(=O)C(C)=O. The highest BCUT2D eigenvalue weighted by Gasteiger charge is 2.13. The molecular formula is C6H10N2O3. The first-order valence-electron chi connectivity index (χ1n) is 3.01. The van der Waals surface area contributed by atoms with Gasteiger partial charge in [0.2, 0.25) is 11.7 Å². The van der Waals surface area contributed by atoms with Gasteiger partial charge in [-0.3, -0.25) is 24.8 Å². The van der Waals surface area contributed by atoms with Gasteiger partial charge in [0.1, 0.15) is 0 Å². The summed E-state index contributed by atoms with van der Waals surface area (Å²) in [6, 6.07) is 0. The van der Waals surface area contributed by atoms with E-state index in [0.717, 1.165) is 11.9 Å². The van der Waals surface area contributed by atoms with Crippen molar-refractivity contribution in [3.05, 3.63) is 0 Å². The van der Waals surface area contributed by atoms with Crippen LogP contribution in [0.5, 0.6) is 0 Å². The molecule has 0 heterocycles. The summed E-state index contributed by atoms with van der Waals surface area (Å²) in [6.07, 6.45) is 0. The van der Waals surface area contributed by atoms with Crippen molar-refractivity contribution in [2.24, 2.45) is 0 Å². The molecule has 0 aromatic rings. The van der Waals surface area contributed by atoms with Crippen LogP contribution in [-0.4, -0.2) is 29.7 Å². The van der Waals surface area contributed by atoms with Gasteiger partial charge >= 0.3 is 5.91 Å². The average Bonchev–Trinajstić information content (AvgIpc) is 1.84. The standard InChI is InChI=1S/C6H10N2O3/c1-4(9)6(11)8(3)7-5(2)10/h1-3H3,(H,7,10). The van der Waals surface area contributed by atoms with Crippen LogP contribution in [0.1, 0.15) is 13.8 Å². The monoisotopic (exact) mass is 158 g/mol. The van der Waals surface area contributed by atoms with E-state index in [4.69, 9.17) is 0 Å². The third-order valence-electron chi connectivity index (χ3n) is 0.931. The Morgan fingerprint density at radius 3 is 1.91 bits per heavy atom. The first-order valence-corrected chi connectivity index (χ1v) is 3.01. The van der Waals surface area contributed by atoms with Crippen LogP contribution in [0.2, 0.25) is 0 Å². The van der Waals surface area contributed by atoms with Crippen LogP contribution in [0.15, 0.2) is 0 Å². The van der Waals surface area contributed by atoms with Crippen molar-refractivity contribution in [1.29, 1.82) is 0 Å². The molecule has 5 heteroatoms. The summed E-state index contributed by atoms with van der Waals surface area (Å²) in [5.41, 5.74) is 2.15. The predicted octanol–water partition coefficient (Wildman–Crippen LogP) is -0.915. The number of hydrogen-bond acceptors (Lipinski definition) is 3. The number of ketones is 1. The van der Waals surface area contributed by atoms with Crippen molar-refractivity contribution in [1.82, 2.24) is 10.4 Å². The van der Waals surface area contributed by atoms with Gasteiger partial charge in [-0.1, -0.05) is 0 Å². The summed E-state index contributed by atoms with van der Waals surface area (Å²) in [4.78, 5) is 31.5. The molecule has 0 saturated carbocycles. The van der Waals surface area contributed by atoms with Crippen molar-refractivity contribution in [3.8, 4) is 0 Å². The molecule has 0 aliphatic rings. The van der Waals surface area contributed by atoms with Crippen LogP contribution in [0.4, 0.5) is 0 Å². The van der Waals surface area contributed by atoms with E-state index in [0.29, 0.717) is 0 Å². The Morgan fingerprint density at radius 1 is 1.18 bits per heavy atom. The Kier molecular flexibility index (Phi) is 3.23. The molecule has 0 rings (SSSR count). The van der Waals surface area contributed by atoms with E-state index in [1.54, 1.807) is 0 Å². The molecule has 0 saturated heterocycles. The summed E-state index contributed by atoms with van der Waals surface area (Å²) in [7, 11) is 1.31. The molecule has 0 fully saturated rings. The quantitative estimate of drug-likeness (QED) is 0.396. The average molecular weight is 158 g/mol. The number of amides is 2. The predicted molar refractivity (Wildman–Crippen MR) is 37.3 cm³/mol. The third kappa shape index (κ3) is 3.34. The number of nitrogens with zero attached hydrogens (tertiary/aromatic N) is 1. The van der Waals surface area contributed by atoms with Gasteiger partial charge in [-0.25, -0.2) is 0 Å². The zero-order chi connectivity index (χ0) is 9.02. The van der Waals surface area contributed by atoms with Gasteiger partial charge in [0.15, 0.2) is 0 Å². The van der Waals surface area contributed by atoms with Gasteiger partial charge in [-0.15, -0.1) is 0 Å². The Bertz CT molecular complexity index is 200. The fourth-order valence-electron chi connectivity index (χ4n) is 0.523. The van der Waals surface area contributed by atoms with Crippen LogP contribution < -0.4 is 5.43 Å². The smallest absolute Gasteiger partial charge is 0.289 e. The second kappa shape index (κ2) is 3.70. The summed E-state index contributed by atoms with van der Waals surface area (Å²) in [5, 5.41) is 0.852. The van der Waals surface area contributed by atoms with Crippen LogP contribution in [0.25, 0.3) is 0 Å². The Hall–Kier alpha value is -1.39. The molecule has 2 amide bonds. The van der Waals surface area contributed by atoms with Gasteiger partial charge in [0.05, 0.1) is 0 Å². The number of hydrazine groups is 1. The Balaban J connectivity index is 4.03. The molecule has 0 unspecified atom stereocenters. The molecular weight excluding hydrogens is 148 g/mol. The van der Waals surface area contributed by atoms with Crippen molar-refractivity contribution in [2.45, 2.75) is 13.8 Å². The largest absolute Gasteiger partial charge is 0.307 e. The number of Topliss-reactive ketones (excluding diaryl/α,β-unsaturated/α-hetero) is 1. The van der Waals surface area contributed by atoms with Crippen LogP contribution in [0, 0.1) is 0 Å². The van der Waals surface area contributed by atoms with E-state index < -0.39 is 11.7 Å². The molecule has 0 bridgehead atoms. The molecule has 0 aliphatic carbocycles. The topological polar surface area (TPSA) is 66.5 Å². The van der Waals surface area contributed by atoms with E-state index in [9.17, 15) is 14.4 Å². The molecule has 1 N–H and O–H groups in total. The van der Waals surface area contributed by atoms with Crippen molar-refractivity contribution in [3.63, 3.8) is 0 Å². The first-order chi connectivity index (χ1) is 4.95. The minimum absolute atomic E-state index is 0.387. The molecule has 0 aromatic heterocycles. The fourth-order valence-corrected chi connectivity index (χ4v) is 0.523. The molecule has 0 radical (unpaired) electrons. The maximum absolute atomic E-state index is 10.7. The van der Waals surface area contributed by atoms with Crippen molar-refractivity contribution in [2.75, 3.05) is 7.05 Å². The van der Waals surface area contributed by atoms with Gasteiger partial charge < -0.3 is 0 Å². The summed E-state index contributed by atoms with van der Waals surface area (Å²) < 4.78 is 0. The summed E-state index contributed by atoms with van der Waals surface area (Å²) in [6.45, 7) is 2.39. The molecule has 62 valence electrons. The second-order valence-electron chi connectivity index (χ2n) is 2.09. The zero-order valence-corrected chi connectivity index (χ0v) is 6.67. The van der Waals surface area contributed by atoms with E-state index in [1.807, 2.05) is 0 Å². The van der Waals surface area contributed by atoms with Crippen LogP contribution in [-0.2, 0) is 14.4 Å². The third-order valence-corrected chi connectivity index (χ3v) is 0.931. The highest BCUT2D eigenvalue weighted by Crippen LogP contribution is 1.80. The minimum Gasteiger partial charge on any atom is -0.289 e. The number of carbonyl (C=O) groups is 3. The maximum Gasteiger partial charge on any atom is 0.307 e. The van der Waals surface area contributed by atoms with Crippen LogP contribution >= 0.6 is 0 Å².